The van der Waals surface area contributed by atoms with Crippen LogP contribution in [0.15, 0.2) is 74.8 Å². The Morgan fingerprint density at radius 3 is 2.66 bits per heavy atom. The molecule has 29 heavy (non-hydrogen) atoms. The largest absolute Gasteiger partial charge is 0.507 e. The summed E-state index contributed by atoms with van der Waals surface area (Å²) < 4.78 is 29.8. The minimum absolute atomic E-state index is 0.0551. The number of phenolic OH excluding ortho intramolecular Hbond substituents is 1. The van der Waals surface area contributed by atoms with Crippen LogP contribution in [0.1, 0.15) is 5.56 Å². The fourth-order valence-corrected chi connectivity index (χ4v) is 5.99. The highest BCUT2D eigenvalue weighted by atomic mass is 35.5. The molecule has 0 amide bonds. The van der Waals surface area contributed by atoms with E-state index in [4.69, 9.17) is 11.6 Å². The maximum atomic E-state index is 12.7. The Kier molecular flexibility index (Phi) is 5.44. The van der Waals surface area contributed by atoms with Crippen molar-refractivity contribution in [1.29, 1.82) is 0 Å². The van der Waals surface area contributed by atoms with Crippen LogP contribution in [0.25, 0.3) is 10.2 Å². The van der Waals surface area contributed by atoms with Crippen LogP contribution in [0.2, 0.25) is 5.02 Å². The standard InChI is InChI=1S/C20H15ClN2O3S3/c1-12-10-14(7-8-15(12)21)29(25,26)23-13-6-9-17(24)19(11-13)28-20-22-16-4-2-3-5-18(16)27-20/h2-11,23-24H,1H3. The van der Waals surface area contributed by atoms with Gasteiger partial charge < -0.3 is 5.11 Å². The second kappa shape index (κ2) is 7.87. The topological polar surface area (TPSA) is 79.3 Å². The van der Waals surface area contributed by atoms with Crippen molar-refractivity contribution in [2.75, 3.05) is 4.72 Å². The maximum absolute atomic E-state index is 12.7. The van der Waals surface area contributed by atoms with Gasteiger partial charge in [0, 0.05) is 5.02 Å². The molecule has 4 aromatic rings. The molecule has 1 heterocycles. The van der Waals surface area contributed by atoms with Crippen molar-refractivity contribution in [3.05, 3.63) is 71.2 Å². The Bertz CT molecular complexity index is 1290. The van der Waals surface area contributed by atoms with Crippen molar-refractivity contribution in [1.82, 2.24) is 4.98 Å². The van der Waals surface area contributed by atoms with Gasteiger partial charge in [-0.3, -0.25) is 4.72 Å². The minimum atomic E-state index is -3.79. The molecule has 9 heteroatoms. The summed E-state index contributed by atoms with van der Waals surface area (Å²) in [5.41, 5.74) is 1.90. The fraction of sp³-hybridized carbons (Fsp3) is 0.0500. The molecule has 0 saturated carbocycles. The van der Waals surface area contributed by atoms with Gasteiger partial charge in [0.25, 0.3) is 10.0 Å². The number of hydrogen-bond donors (Lipinski definition) is 2. The van der Waals surface area contributed by atoms with E-state index >= 15 is 0 Å². The van der Waals surface area contributed by atoms with Gasteiger partial charge in [0.15, 0.2) is 4.34 Å². The lowest BCUT2D eigenvalue weighted by Crippen LogP contribution is -2.13. The first-order chi connectivity index (χ1) is 13.8. The summed E-state index contributed by atoms with van der Waals surface area (Å²) in [6.45, 7) is 1.74. The number of rotatable bonds is 5. The molecule has 0 spiro atoms. The molecule has 0 saturated heterocycles. The summed E-state index contributed by atoms with van der Waals surface area (Å²) in [7, 11) is -3.79. The maximum Gasteiger partial charge on any atom is 0.261 e. The van der Waals surface area contributed by atoms with Crippen LogP contribution in [0.3, 0.4) is 0 Å². The van der Waals surface area contributed by atoms with Gasteiger partial charge in [0.2, 0.25) is 0 Å². The van der Waals surface area contributed by atoms with E-state index in [9.17, 15) is 13.5 Å². The number of thiazole rings is 1. The van der Waals surface area contributed by atoms with Crippen LogP contribution in [-0.4, -0.2) is 18.5 Å². The van der Waals surface area contributed by atoms with Crippen molar-refractivity contribution in [2.24, 2.45) is 0 Å². The van der Waals surface area contributed by atoms with Crippen molar-refractivity contribution >= 4 is 60.6 Å². The molecule has 148 valence electrons. The smallest absolute Gasteiger partial charge is 0.261 e. The molecule has 0 aliphatic carbocycles. The lowest BCUT2D eigenvalue weighted by molar-refractivity contribution is 0.462. The zero-order valence-electron chi connectivity index (χ0n) is 15.1. The van der Waals surface area contributed by atoms with Gasteiger partial charge in [-0.15, -0.1) is 11.3 Å². The van der Waals surface area contributed by atoms with E-state index in [1.807, 2.05) is 24.3 Å². The van der Waals surface area contributed by atoms with E-state index in [1.165, 1.54) is 47.4 Å². The Morgan fingerprint density at radius 2 is 1.90 bits per heavy atom. The van der Waals surface area contributed by atoms with Crippen LogP contribution in [0.5, 0.6) is 5.75 Å². The monoisotopic (exact) mass is 462 g/mol. The minimum Gasteiger partial charge on any atom is -0.507 e. The van der Waals surface area contributed by atoms with Gasteiger partial charge in [0.1, 0.15) is 5.75 Å². The SMILES string of the molecule is Cc1cc(S(=O)(=O)Nc2ccc(O)c(Sc3nc4ccccc4s3)c2)ccc1Cl. The third kappa shape index (κ3) is 4.35. The highest BCUT2D eigenvalue weighted by molar-refractivity contribution is 8.01. The molecule has 0 aliphatic heterocycles. The van der Waals surface area contributed by atoms with Crippen LogP contribution in [0, 0.1) is 6.92 Å². The van der Waals surface area contributed by atoms with E-state index in [0.29, 0.717) is 21.2 Å². The molecule has 2 N–H and O–H groups in total. The normalized spacial score (nSPS) is 11.7. The number of anilines is 1. The van der Waals surface area contributed by atoms with Crippen molar-refractivity contribution in [3.63, 3.8) is 0 Å². The van der Waals surface area contributed by atoms with Gasteiger partial charge in [-0.1, -0.05) is 35.5 Å². The molecule has 0 fully saturated rings. The van der Waals surface area contributed by atoms with Crippen LogP contribution in [-0.2, 0) is 10.0 Å². The fourth-order valence-electron chi connectivity index (χ4n) is 2.65. The number of phenols is 1. The van der Waals surface area contributed by atoms with Gasteiger partial charge in [-0.25, -0.2) is 13.4 Å². The number of para-hydroxylation sites is 1. The Labute approximate surface area is 181 Å². The van der Waals surface area contributed by atoms with Gasteiger partial charge in [0.05, 0.1) is 25.7 Å². The highest BCUT2D eigenvalue weighted by Gasteiger charge is 2.17. The first-order valence-corrected chi connectivity index (χ1v) is 12.0. The van der Waals surface area contributed by atoms with Crippen LogP contribution >= 0.6 is 34.7 Å². The highest BCUT2D eigenvalue weighted by Crippen LogP contribution is 2.39. The summed E-state index contributed by atoms with van der Waals surface area (Å²) in [5.74, 6) is 0.0551. The number of aryl methyl sites for hydroxylation is 1. The molecule has 1 aromatic heterocycles. The number of nitrogens with one attached hydrogen (secondary N) is 1. The molecule has 0 unspecified atom stereocenters. The van der Waals surface area contributed by atoms with Gasteiger partial charge in [-0.2, -0.15) is 0 Å². The molecule has 0 aliphatic rings. The summed E-state index contributed by atoms with van der Waals surface area (Å²) >= 11 is 8.78. The molecular formula is C20H15ClN2O3S3. The third-order valence-corrected chi connectivity index (χ3v) is 8.07. The first kappa shape index (κ1) is 20.0. The average Bonchev–Trinajstić information content (AvgIpc) is 3.08. The Balaban J connectivity index is 1.61. The molecular weight excluding hydrogens is 448 g/mol. The number of halogens is 1. The quantitative estimate of drug-likeness (QED) is 0.360. The summed E-state index contributed by atoms with van der Waals surface area (Å²) in [4.78, 5) is 5.17. The number of hydrogen-bond acceptors (Lipinski definition) is 6. The van der Waals surface area contributed by atoms with Crippen LogP contribution in [0.4, 0.5) is 5.69 Å². The Hall–Kier alpha value is -2.26. The second-order valence-corrected chi connectivity index (χ2v) is 10.7. The van der Waals surface area contributed by atoms with E-state index in [-0.39, 0.29) is 10.6 Å². The van der Waals surface area contributed by atoms with Gasteiger partial charge >= 0.3 is 0 Å². The van der Waals surface area contributed by atoms with Crippen LogP contribution < -0.4 is 4.72 Å². The predicted octanol–water partition coefficient (Wildman–Crippen LogP) is 5.92. The summed E-state index contributed by atoms with van der Waals surface area (Å²) in [6, 6.07) is 16.9. The third-order valence-electron chi connectivity index (χ3n) is 4.12. The number of aromatic nitrogens is 1. The average molecular weight is 463 g/mol. The van der Waals surface area contributed by atoms with E-state index in [1.54, 1.807) is 19.1 Å². The summed E-state index contributed by atoms with van der Waals surface area (Å²) in [5, 5.41) is 10.7. The first-order valence-electron chi connectivity index (χ1n) is 8.47. The zero-order chi connectivity index (χ0) is 20.6. The molecule has 5 nitrogen and oxygen atoms in total. The van der Waals surface area contributed by atoms with E-state index in [0.717, 1.165) is 14.6 Å². The lowest BCUT2D eigenvalue weighted by atomic mass is 10.2. The lowest BCUT2D eigenvalue weighted by Gasteiger charge is -2.11. The Morgan fingerprint density at radius 1 is 1.10 bits per heavy atom. The van der Waals surface area contributed by atoms with E-state index in [2.05, 4.69) is 9.71 Å². The molecule has 4 rings (SSSR count). The number of sulfonamides is 1. The molecule has 0 radical (unpaired) electrons. The second-order valence-electron chi connectivity index (χ2n) is 6.25. The van der Waals surface area contributed by atoms with Crippen molar-refractivity contribution in [2.45, 2.75) is 21.1 Å². The van der Waals surface area contributed by atoms with Crippen molar-refractivity contribution < 1.29 is 13.5 Å². The number of benzene rings is 3. The molecule has 0 bridgehead atoms. The number of fused-ring (bicyclic) bond motifs is 1. The zero-order valence-corrected chi connectivity index (χ0v) is 18.3. The van der Waals surface area contributed by atoms with Gasteiger partial charge in [-0.05, 0) is 61.0 Å². The molecule has 0 atom stereocenters. The molecule has 3 aromatic carbocycles. The van der Waals surface area contributed by atoms with E-state index < -0.39 is 10.0 Å². The number of aromatic hydroxyl groups is 1. The predicted molar refractivity (Wildman–Crippen MR) is 119 cm³/mol. The summed E-state index contributed by atoms with van der Waals surface area (Å²) in [6.07, 6.45) is 0. The number of nitrogens with zero attached hydrogens (tertiary/aromatic N) is 1. The van der Waals surface area contributed by atoms with Crippen molar-refractivity contribution in [3.8, 4) is 5.75 Å².